The highest BCUT2D eigenvalue weighted by Gasteiger charge is 2.07. The van der Waals surface area contributed by atoms with Crippen molar-refractivity contribution < 1.29 is 4.74 Å². The zero-order chi connectivity index (χ0) is 11.5. The average Bonchev–Trinajstić information content (AvgIpc) is 2.33. The van der Waals surface area contributed by atoms with Crippen LogP contribution in [0.2, 0.25) is 5.15 Å². The third-order valence-corrected chi connectivity index (χ3v) is 2.88. The number of halogens is 2. The standard InChI is InChI=1S/C9H6BrClN4O/c1-16-7-2-6(13-4-14-7)9-12-3-5(10)8(11)15-9/h2-4H,1H3. The zero-order valence-electron chi connectivity index (χ0n) is 8.19. The minimum Gasteiger partial charge on any atom is -0.481 e. The summed E-state index contributed by atoms with van der Waals surface area (Å²) in [5, 5.41) is 0.336. The van der Waals surface area contributed by atoms with Gasteiger partial charge in [0, 0.05) is 12.3 Å². The maximum atomic E-state index is 5.86. The van der Waals surface area contributed by atoms with Crippen LogP contribution in [-0.2, 0) is 0 Å². The number of rotatable bonds is 2. The van der Waals surface area contributed by atoms with Gasteiger partial charge in [-0.3, -0.25) is 0 Å². The van der Waals surface area contributed by atoms with Crippen LogP contribution < -0.4 is 4.74 Å². The largest absolute Gasteiger partial charge is 0.481 e. The molecule has 82 valence electrons. The number of hydrogen-bond acceptors (Lipinski definition) is 5. The summed E-state index contributed by atoms with van der Waals surface area (Å²) in [6.07, 6.45) is 2.95. The van der Waals surface area contributed by atoms with Crippen LogP contribution in [0.5, 0.6) is 5.88 Å². The van der Waals surface area contributed by atoms with E-state index < -0.39 is 0 Å². The van der Waals surface area contributed by atoms with E-state index in [4.69, 9.17) is 16.3 Å². The molecule has 2 heterocycles. The second kappa shape index (κ2) is 4.71. The molecule has 0 aliphatic rings. The number of aromatic nitrogens is 4. The summed E-state index contributed by atoms with van der Waals surface area (Å²) in [6.45, 7) is 0. The van der Waals surface area contributed by atoms with Crippen molar-refractivity contribution in [1.29, 1.82) is 0 Å². The van der Waals surface area contributed by atoms with Crippen LogP contribution in [-0.4, -0.2) is 27.0 Å². The van der Waals surface area contributed by atoms with Crippen LogP contribution in [0, 0.1) is 0 Å². The topological polar surface area (TPSA) is 60.8 Å². The Balaban J connectivity index is 2.46. The van der Waals surface area contributed by atoms with E-state index in [9.17, 15) is 0 Å². The highest BCUT2D eigenvalue weighted by atomic mass is 79.9. The third-order valence-electron chi connectivity index (χ3n) is 1.78. The molecule has 0 atom stereocenters. The van der Waals surface area contributed by atoms with Gasteiger partial charge in [-0.2, -0.15) is 0 Å². The van der Waals surface area contributed by atoms with E-state index in [1.165, 1.54) is 13.4 Å². The Kier molecular flexibility index (Phi) is 3.31. The van der Waals surface area contributed by atoms with Crippen LogP contribution >= 0.6 is 27.5 Å². The van der Waals surface area contributed by atoms with Crippen LogP contribution in [0.4, 0.5) is 0 Å². The highest BCUT2D eigenvalue weighted by Crippen LogP contribution is 2.22. The Labute approximate surface area is 105 Å². The molecule has 0 radical (unpaired) electrons. The van der Waals surface area contributed by atoms with Gasteiger partial charge in [0.1, 0.15) is 17.2 Å². The maximum absolute atomic E-state index is 5.86. The molecule has 0 spiro atoms. The molecule has 0 saturated heterocycles. The molecule has 16 heavy (non-hydrogen) atoms. The fourth-order valence-corrected chi connectivity index (χ4v) is 1.36. The predicted octanol–water partition coefficient (Wildman–Crippen LogP) is 2.36. The first-order valence-corrected chi connectivity index (χ1v) is 5.42. The molecule has 0 aromatic carbocycles. The van der Waals surface area contributed by atoms with Gasteiger partial charge in [0.05, 0.1) is 11.6 Å². The van der Waals surface area contributed by atoms with Crippen molar-refractivity contribution in [2.75, 3.05) is 7.11 Å². The Morgan fingerprint density at radius 2 is 2.12 bits per heavy atom. The van der Waals surface area contributed by atoms with Gasteiger partial charge < -0.3 is 4.74 Å². The van der Waals surface area contributed by atoms with Gasteiger partial charge in [0.2, 0.25) is 5.88 Å². The molecule has 0 aliphatic carbocycles. The molecule has 0 aliphatic heterocycles. The molecule has 0 fully saturated rings. The monoisotopic (exact) mass is 300 g/mol. The van der Waals surface area contributed by atoms with Gasteiger partial charge in [-0.05, 0) is 15.9 Å². The molecule has 5 nitrogen and oxygen atoms in total. The third kappa shape index (κ3) is 2.28. The average molecular weight is 302 g/mol. The Hall–Kier alpha value is -1.27. The molecular formula is C9H6BrClN4O. The van der Waals surface area contributed by atoms with Crippen LogP contribution in [0.15, 0.2) is 23.1 Å². The SMILES string of the molecule is COc1cc(-c2ncc(Br)c(Cl)n2)ncn1. The van der Waals surface area contributed by atoms with Gasteiger partial charge in [-0.25, -0.2) is 19.9 Å². The quantitative estimate of drug-likeness (QED) is 0.797. The summed E-state index contributed by atoms with van der Waals surface area (Å²) in [5.74, 6) is 0.876. The summed E-state index contributed by atoms with van der Waals surface area (Å²) in [6, 6.07) is 1.64. The summed E-state index contributed by atoms with van der Waals surface area (Å²) in [7, 11) is 1.53. The molecule has 0 N–H and O–H groups in total. The molecule has 7 heteroatoms. The summed E-state index contributed by atoms with van der Waals surface area (Å²) in [5.41, 5.74) is 0.557. The van der Waals surface area contributed by atoms with Crippen molar-refractivity contribution in [2.24, 2.45) is 0 Å². The molecule has 2 aromatic rings. The molecule has 0 unspecified atom stereocenters. The Morgan fingerprint density at radius 3 is 2.81 bits per heavy atom. The minimum atomic E-state index is 0.336. The van der Waals surface area contributed by atoms with Gasteiger partial charge in [-0.1, -0.05) is 11.6 Å². The number of ether oxygens (including phenoxy) is 1. The van der Waals surface area contributed by atoms with Crippen molar-refractivity contribution in [3.8, 4) is 17.4 Å². The maximum Gasteiger partial charge on any atom is 0.216 e. The zero-order valence-corrected chi connectivity index (χ0v) is 10.5. The van der Waals surface area contributed by atoms with Crippen molar-refractivity contribution in [2.45, 2.75) is 0 Å². The summed E-state index contributed by atoms with van der Waals surface area (Å²) in [4.78, 5) is 16.1. The van der Waals surface area contributed by atoms with E-state index in [-0.39, 0.29) is 0 Å². The first-order chi connectivity index (χ1) is 7.70. The van der Waals surface area contributed by atoms with Crippen molar-refractivity contribution in [3.63, 3.8) is 0 Å². The summed E-state index contributed by atoms with van der Waals surface area (Å²) >= 11 is 9.08. The molecule has 2 rings (SSSR count). The lowest BCUT2D eigenvalue weighted by Gasteiger charge is -2.02. The predicted molar refractivity (Wildman–Crippen MR) is 62.3 cm³/mol. The molecule has 0 amide bonds. The van der Waals surface area contributed by atoms with E-state index in [2.05, 4.69) is 35.9 Å². The Bertz CT molecular complexity index is 523. The van der Waals surface area contributed by atoms with Gasteiger partial charge in [-0.15, -0.1) is 0 Å². The molecule has 0 bridgehead atoms. The number of nitrogens with zero attached hydrogens (tertiary/aromatic N) is 4. The minimum absolute atomic E-state index is 0.336. The lowest BCUT2D eigenvalue weighted by molar-refractivity contribution is 0.397. The lowest BCUT2D eigenvalue weighted by atomic mass is 10.4. The lowest BCUT2D eigenvalue weighted by Crippen LogP contribution is -1.95. The fourth-order valence-electron chi connectivity index (χ4n) is 1.04. The van der Waals surface area contributed by atoms with Gasteiger partial charge in [0.15, 0.2) is 5.82 Å². The van der Waals surface area contributed by atoms with Crippen molar-refractivity contribution in [1.82, 2.24) is 19.9 Å². The van der Waals surface area contributed by atoms with Crippen LogP contribution in [0.25, 0.3) is 11.5 Å². The van der Waals surface area contributed by atoms with Gasteiger partial charge >= 0.3 is 0 Å². The van der Waals surface area contributed by atoms with E-state index in [0.717, 1.165) is 0 Å². The highest BCUT2D eigenvalue weighted by molar-refractivity contribution is 9.10. The van der Waals surface area contributed by atoms with Crippen molar-refractivity contribution >= 4 is 27.5 Å². The number of methoxy groups -OCH3 is 1. The molecular weight excluding hydrogens is 295 g/mol. The second-order valence-corrected chi connectivity index (χ2v) is 3.99. The van der Waals surface area contributed by atoms with Crippen LogP contribution in [0.1, 0.15) is 0 Å². The summed E-state index contributed by atoms with van der Waals surface area (Å²) < 4.78 is 5.62. The van der Waals surface area contributed by atoms with E-state index in [1.54, 1.807) is 12.3 Å². The normalized spacial score (nSPS) is 10.2. The fraction of sp³-hybridized carbons (Fsp3) is 0.111. The number of hydrogen-bond donors (Lipinski definition) is 0. The second-order valence-electron chi connectivity index (χ2n) is 2.78. The molecule has 2 aromatic heterocycles. The van der Waals surface area contributed by atoms with Crippen LogP contribution in [0.3, 0.4) is 0 Å². The molecule has 0 saturated carbocycles. The van der Waals surface area contributed by atoms with E-state index in [0.29, 0.717) is 27.0 Å². The van der Waals surface area contributed by atoms with Gasteiger partial charge in [0.25, 0.3) is 0 Å². The first-order valence-electron chi connectivity index (χ1n) is 4.25. The smallest absolute Gasteiger partial charge is 0.216 e. The Morgan fingerprint density at radius 1 is 1.31 bits per heavy atom. The van der Waals surface area contributed by atoms with E-state index >= 15 is 0 Å². The first kappa shape index (κ1) is 11.2. The van der Waals surface area contributed by atoms with Crippen molar-refractivity contribution in [3.05, 3.63) is 28.2 Å². The van der Waals surface area contributed by atoms with E-state index in [1.807, 2.05) is 0 Å².